The molecule has 1 aliphatic heterocycles. The number of benzene rings is 1. The number of amides is 1. The van der Waals surface area contributed by atoms with Gasteiger partial charge in [-0.15, -0.1) is 11.3 Å². The summed E-state index contributed by atoms with van der Waals surface area (Å²) in [7, 11) is 0. The van der Waals surface area contributed by atoms with E-state index in [1.165, 1.54) is 0 Å². The summed E-state index contributed by atoms with van der Waals surface area (Å²) < 4.78 is 3.00. The molecule has 0 unspecified atom stereocenters. The van der Waals surface area contributed by atoms with Crippen LogP contribution >= 0.6 is 11.3 Å². The van der Waals surface area contributed by atoms with Gasteiger partial charge in [0.1, 0.15) is 6.33 Å². The number of carbonyl (C=O) groups is 1. The number of piperidine rings is 1. The first-order valence-corrected chi connectivity index (χ1v) is 9.00. The third-order valence-corrected chi connectivity index (χ3v) is 5.44. The molecule has 1 atom stereocenters. The number of thiazole rings is 1. The molecule has 1 aliphatic rings. The third-order valence-electron chi connectivity index (χ3n) is 4.50. The van der Waals surface area contributed by atoms with Crippen molar-refractivity contribution in [3.05, 3.63) is 35.4 Å². The lowest BCUT2D eigenvalue weighted by molar-refractivity contribution is -0.132. The molecule has 0 radical (unpaired) electrons. The molecule has 0 saturated carbocycles. The average Bonchev–Trinajstić information content (AvgIpc) is 3.19. The molecule has 1 saturated heterocycles. The van der Waals surface area contributed by atoms with E-state index in [2.05, 4.69) is 21.1 Å². The van der Waals surface area contributed by atoms with Crippen molar-refractivity contribution in [2.75, 3.05) is 6.54 Å². The maximum atomic E-state index is 12.0. The van der Waals surface area contributed by atoms with Gasteiger partial charge in [-0.25, -0.2) is 14.6 Å². The highest BCUT2D eigenvalue weighted by Gasteiger charge is 2.30. The highest BCUT2D eigenvalue weighted by molar-refractivity contribution is 7.18. The molecule has 0 aliphatic carbocycles. The molecule has 4 rings (SSSR count). The van der Waals surface area contributed by atoms with Crippen molar-refractivity contribution in [2.45, 2.75) is 39.2 Å². The van der Waals surface area contributed by atoms with Gasteiger partial charge in [0, 0.05) is 13.5 Å². The van der Waals surface area contributed by atoms with Crippen molar-refractivity contribution in [1.82, 2.24) is 24.6 Å². The van der Waals surface area contributed by atoms with E-state index in [0.717, 1.165) is 52.5 Å². The monoisotopic (exact) mass is 341 g/mol. The summed E-state index contributed by atoms with van der Waals surface area (Å²) in [5.41, 5.74) is 1.97. The van der Waals surface area contributed by atoms with Gasteiger partial charge in [0.2, 0.25) is 5.91 Å². The molecular weight excluding hydrogens is 322 g/mol. The topological polar surface area (TPSA) is 63.9 Å². The lowest BCUT2D eigenvalue weighted by atomic mass is 10.0. The number of nitrogens with zero attached hydrogens (tertiary/aromatic N) is 5. The molecule has 2 aromatic heterocycles. The van der Waals surface area contributed by atoms with Gasteiger partial charge < -0.3 is 4.90 Å². The average molecular weight is 341 g/mol. The van der Waals surface area contributed by atoms with Gasteiger partial charge in [0.05, 0.1) is 27.0 Å². The Morgan fingerprint density at radius 1 is 1.33 bits per heavy atom. The van der Waals surface area contributed by atoms with E-state index < -0.39 is 0 Å². The molecule has 24 heavy (non-hydrogen) atoms. The van der Waals surface area contributed by atoms with Crippen LogP contribution in [-0.2, 0) is 4.79 Å². The summed E-state index contributed by atoms with van der Waals surface area (Å²) in [6.07, 6.45) is 4.66. The molecule has 1 fully saturated rings. The first-order valence-electron chi connectivity index (χ1n) is 8.18. The number of aryl methyl sites for hydroxylation is 1. The Hall–Kier alpha value is -2.28. The maximum absolute atomic E-state index is 12.0. The van der Waals surface area contributed by atoms with Crippen LogP contribution in [0, 0.1) is 6.92 Å². The van der Waals surface area contributed by atoms with Crippen LogP contribution in [0.4, 0.5) is 0 Å². The number of hydrogen-bond acceptors (Lipinski definition) is 5. The predicted molar refractivity (Wildman–Crippen MR) is 93.3 cm³/mol. The van der Waals surface area contributed by atoms with Crippen LogP contribution in [0.1, 0.15) is 43.1 Å². The number of carbonyl (C=O) groups excluding carboxylic acids is 1. The van der Waals surface area contributed by atoms with E-state index in [4.69, 9.17) is 0 Å². The summed E-state index contributed by atoms with van der Waals surface area (Å²) in [5, 5.41) is 5.47. The van der Waals surface area contributed by atoms with Crippen molar-refractivity contribution >= 4 is 27.5 Å². The molecule has 1 amide bonds. The van der Waals surface area contributed by atoms with Crippen molar-refractivity contribution in [3.63, 3.8) is 0 Å². The van der Waals surface area contributed by atoms with Crippen molar-refractivity contribution in [3.8, 4) is 5.69 Å². The van der Waals surface area contributed by atoms with E-state index in [1.807, 2.05) is 28.6 Å². The summed E-state index contributed by atoms with van der Waals surface area (Å²) in [5.74, 6) is 0.938. The molecule has 1 aromatic carbocycles. The normalized spacial score (nSPS) is 18.2. The molecule has 0 bridgehead atoms. The fourth-order valence-corrected chi connectivity index (χ4v) is 4.27. The van der Waals surface area contributed by atoms with Crippen molar-refractivity contribution in [1.29, 1.82) is 0 Å². The molecule has 3 heterocycles. The smallest absolute Gasteiger partial charge is 0.220 e. The van der Waals surface area contributed by atoms with E-state index in [0.29, 0.717) is 0 Å². The Kier molecular flexibility index (Phi) is 3.80. The number of rotatable bonds is 2. The Bertz CT molecular complexity index is 899. The minimum absolute atomic E-state index is 0.00218. The Morgan fingerprint density at radius 2 is 2.21 bits per heavy atom. The maximum Gasteiger partial charge on any atom is 0.220 e. The second kappa shape index (κ2) is 5.98. The van der Waals surface area contributed by atoms with E-state index >= 15 is 0 Å². The van der Waals surface area contributed by atoms with E-state index in [1.54, 1.807) is 24.6 Å². The lowest BCUT2D eigenvalue weighted by Crippen LogP contribution is -2.38. The second-order valence-corrected chi connectivity index (χ2v) is 7.37. The number of hydrogen-bond donors (Lipinski definition) is 0. The molecule has 7 heteroatoms. The highest BCUT2D eigenvalue weighted by Crippen LogP contribution is 2.31. The Morgan fingerprint density at radius 3 is 3.04 bits per heavy atom. The van der Waals surface area contributed by atoms with Gasteiger partial charge >= 0.3 is 0 Å². The quantitative estimate of drug-likeness (QED) is 0.718. The third kappa shape index (κ3) is 2.58. The molecule has 124 valence electrons. The van der Waals surface area contributed by atoms with Crippen LogP contribution in [0.5, 0.6) is 0 Å². The van der Waals surface area contributed by atoms with Gasteiger partial charge in [-0.1, -0.05) is 0 Å². The lowest BCUT2D eigenvalue weighted by Gasteiger charge is -2.34. The first kappa shape index (κ1) is 15.3. The van der Waals surface area contributed by atoms with Crippen LogP contribution in [0.15, 0.2) is 24.5 Å². The summed E-state index contributed by atoms with van der Waals surface area (Å²) in [4.78, 5) is 22.9. The second-order valence-electron chi connectivity index (χ2n) is 6.14. The minimum atomic E-state index is -0.00218. The molecule has 3 aromatic rings. The van der Waals surface area contributed by atoms with Gasteiger partial charge in [-0.05, 0) is 44.4 Å². The molecule has 6 nitrogen and oxygen atoms in total. The zero-order valence-corrected chi connectivity index (χ0v) is 14.6. The van der Waals surface area contributed by atoms with Crippen LogP contribution < -0.4 is 0 Å². The molecular formula is C17H19N5OS. The molecule has 0 spiro atoms. The van der Waals surface area contributed by atoms with Crippen LogP contribution in [-0.4, -0.2) is 37.1 Å². The van der Waals surface area contributed by atoms with Crippen LogP contribution in [0.2, 0.25) is 0 Å². The van der Waals surface area contributed by atoms with Crippen molar-refractivity contribution < 1.29 is 4.79 Å². The SMILES string of the molecule is CC(=O)N1CCCC[C@H]1c1ncnn1-c1ccc2nc(C)sc2c1. The summed E-state index contributed by atoms with van der Waals surface area (Å²) in [6, 6.07) is 6.13. The first-order chi connectivity index (χ1) is 11.6. The fraction of sp³-hybridized carbons (Fsp3) is 0.412. The van der Waals surface area contributed by atoms with E-state index in [9.17, 15) is 4.79 Å². The van der Waals surface area contributed by atoms with Crippen molar-refractivity contribution in [2.24, 2.45) is 0 Å². The predicted octanol–water partition coefficient (Wildman–Crippen LogP) is 3.26. The Labute approximate surface area is 144 Å². The van der Waals surface area contributed by atoms with Crippen LogP contribution in [0.25, 0.3) is 15.9 Å². The van der Waals surface area contributed by atoms with Gasteiger partial charge in [-0.3, -0.25) is 4.79 Å². The number of fused-ring (bicyclic) bond motifs is 1. The summed E-state index contributed by atoms with van der Waals surface area (Å²) >= 11 is 1.67. The standard InChI is InChI=1S/C17H19N5OS/c1-11-20-14-7-6-13(9-16(14)24-11)22-17(18-10-19-22)15-5-3-4-8-21(15)12(2)23/h6-7,9-10,15H,3-5,8H2,1-2H3/t15-/m0/s1. The Balaban J connectivity index is 1.76. The zero-order chi connectivity index (χ0) is 16.7. The zero-order valence-electron chi connectivity index (χ0n) is 13.8. The van der Waals surface area contributed by atoms with E-state index in [-0.39, 0.29) is 11.9 Å². The van der Waals surface area contributed by atoms with Crippen LogP contribution in [0.3, 0.4) is 0 Å². The minimum Gasteiger partial charge on any atom is -0.333 e. The molecule has 0 N–H and O–H groups in total. The highest BCUT2D eigenvalue weighted by atomic mass is 32.1. The van der Waals surface area contributed by atoms with Gasteiger partial charge in [0.25, 0.3) is 0 Å². The summed E-state index contributed by atoms with van der Waals surface area (Å²) in [6.45, 7) is 4.43. The fourth-order valence-electron chi connectivity index (χ4n) is 3.41. The largest absolute Gasteiger partial charge is 0.333 e. The number of likely N-dealkylation sites (tertiary alicyclic amines) is 1. The van der Waals surface area contributed by atoms with Gasteiger partial charge in [0.15, 0.2) is 5.82 Å². The number of aromatic nitrogens is 4. The van der Waals surface area contributed by atoms with Gasteiger partial charge in [-0.2, -0.15) is 5.10 Å².